The first-order valence-electron chi connectivity index (χ1n) is 10.1. The number of hydrogen-bond acceptors (Lipinski definition) is 4. The van der Waals surface area contributed by atoms with Crippen molar-refractivity contribution in [1.29, 1.82) is 0 Å². The maximum absolute atomic E-state index is 12.5. The molecule has 5 nitrogen and oxygen atoms in total. The Labute approximate surface area is 178 Å². The van der Waals surface area contributed by atoms with E-state index in [4.69, 9.17) is 9.47 Å². The monoisotopic (exact) mass is 416 g/mol. The summed E-state index contributed by atoms with van der Waals surface area (Å²) in [6.07, 6.45) is 3.43. The Morgan fingerprint density at radius 3 is 2.21 bits per heavy atom. The van der Waals surface area contributed by atoms with E-state index in [1.54, 1.807) is 0 Å². The molecule has 2 aliphatic heterocycles. The topological polar surface area (TPSA) is 50.8 Å². The van der Waals surface area contributed by atoms with Gasteiger partial charge >= 0.3 is 0 Å². The number of benzene rings is 2. The molecule has 0 aliphatic carbocycles. The Bertz CT molecular complexity index is 766. The number of hydrogen-bond donors (Lipinski definition) is 1. The number of rotatable bonds is 6. The molecule has 2 heterocycles. The predicted molar refractivity (Wildman–Crippen MR) is 116 cm³/mol. The summed E-state index contributed by atoms with van der Waals surface area (Å²) >= 11 is 0. The van der Waals surface area contributed by atoms with Gasteiger partial charge in [0.05, 0.1) is 0 Å². The van der Waals surface area contributed by atoms with E-state index in [0.717, 1.165) is 50.3 Å². The molecule has 4 rings (SSSR count). The molecule has 1 amide bonds. The second-order valence-electron chi connectivity index (χ2n) is 7.84. The second kappa shape index (κ2) is 9.99. The number of likely N-dealkylation sites (tertiary alicyclic amines) is 1. The first kappa shape index (κ1) is 21.5. The molecule has 1 N–H and O–H groups in total. The van der Waals surface area contributed by atoms with E-state index in [1.807, 2.05) is 59.5 Å². The van der Waals surface area contributed by atoms with Crippen molar-refractivity contribution < 1.29 is 14.3 Å². The van der Waals surface area contributed by atoms with Gasteiger partial charge in [-0.15, -0.1) is 12.4 Å². The van der Waals surface area contributed by atoms with Gasteiger partial charge in [-0.3, -0.25) is 4.79 Å². The van der Waals surface area contributed by atoms with Crippen LogP contribution in [-0.2, 0) is 11.4 Å². The number of ether oxygens (including phenoxy) is 2. The van der Waals surface area contributed by atoms with Gasteiger partial charge in [0.2, 0.25) is 0 Å². The zero-order valence-corrected chi connectivity index (χ0v) is 17.5. The van der Waals surface area contributed by atoms with Crippen LogP contribution in [0.1, 0.15) is 24.8 Å². The van der Waals surface area contributed by atoms with Gasteiger partial charge in [0.1, 0.15) is 18.1 Å². The van der Waals surface area contributed by atoms with Crippen molar-refractivity contribution >= 4 is 18.3 Å². The lowest BCUT2D eigenvalue weighted by Gasteiger charge is -2.38. The van der Waals surface area contributed by atoms with Crippen molar-refractivity contribution in [2.45, 2.75) is 25.9 Å². The van der Waals surface area contributed by atoms with E-state index in [9.17, 15) is 4.79 Å². The summed E-state index contributed by atoms with van der Waals surface area (Å²) < 4.78 is 11.5. The minimum atomic E-state index is 0. The molecule has 0 atom stereocenters. The highest BCUT2D eigenvalue weighted by molar-refractivity contribution is 5.85. The maximum Gasteiger partial charge on any atom is 0.260 e. The number of carbonyl (C=O) groups excluding carboxylic acids is 1. The van der Waals surface area contributed by atoms with Gasteiger partial charge < -0.3 is 19.7 Å². The van der Waals surface area contributed by atoms with Crippen LogP contribution in [0.5, 0.6) is 11.5 Å². The standard InChI is InChI=1S/C23H28N2O3.ClH/c26-22(25-14-11-23(12-15-25)10-13-24-18-23)17-28-21-8-6-20(7-9-21)27-16-19-4-2-1-3-5-19;/h1-9,24H,10-18H2;1H. The van der Waals surface area contributed by atoms with Crippen molar-refractivity contribution in [3.8, 4) is 11.5 Å². The first-order valence-corrected chi connectivity index (χ1v) is 10.1. The molecule has 0 bridgehead atoms. The van der Waals surface area contributed by atoms with Crippen LogP contribution in [0, 0.1) is 5.41 Å². The summed E-state index contributed by atoms with van der Waals surface area (Å²) in [6, 6.07) is 17.5. The molecule has 2 aromatic carbocycles. The van der Waals surface area contributed by atoms with Crippen molar-refractivity contribution in [3.05, 3.63) is 60.2 Å². The highest BCUT2D eigenvalue weighted by Gasteiger charge is 2.37. The van der Waals surface area contributed by atoms with Crippen molar-refractivity contribution in [2.24, 2.45) is 5.41 Å². The van der Waals surface area contributed by atoms with Crippen molar-refractivity contribution in [3.63, 3.8) is 0 Å². The fourth-order valence-electron chi connectivity index (χ4n) is 4.06. The van der Waals surface area contributed by atoms with Gasteiger partial charge in [0.15, 0.2) is 6.61 Å². The summed E-state index contributed by atoms with van der Waals surface area (Å²) in [7, 11) is 0. The van der Waals surface area contributed by atoms with Gasteiger partial charge in [0, 0.05) is 19.6 Å². The van der Waals surface area contributed by atoms with Crippen molar-refractivity contribution in [1.82, 2.24) is 10.2 Å². The number of halogens is 1. The molecule has 0 radical (unpaired) electrons. The van der Waals surface area contributed by atoms with Crippen LogP contribution in [0.3, 0.4) is 0 Å². The summed E-state index contributed by atoms with van der Waals surface area (Å²) in [5.74, 6) is 1.55. The lowest BCUT2D eigenvalue weighted by Crippen LogP contribution is -2.45. The minimum absolute atomic E-state index is 0. The molecule has 2 aromatic rings. The largest absolute Gasteiger partial charge is 0.489 e. The average molecular weight is 417 g/mol. The van der Waals surface area contributed by atoms with Gasteiger partial charge in [-0.1, -0.05) is 30.3 Å². The van der Waals surface area contributed by atoms with Crippen LogP contribution < -0.4 is 14.8 Å². The zero-order valence-electron chi connectivity index (χ0n) is 16.6. The fraction of sp³-hybridized carbons (Fsp3) is 0.435. The Hall–Kier alpha value is -2.24. The number of carbonyl (C=O) groups is 1. The first-order chi connectivity index (χ1) is 13.7. The lowest BCUT2D eigenvalue weighted by atomic mass is 9.78. The van der Waals surface area contributed by atoms with Gasteiger partial charge in [-0.25, -0.2) is 0 Å². The Kier molecular flexibility index (Phi) is 7.40. The Morgan fingerprint density at radius 2 is 1.59 bits per heavy atom. The Balaban J connectivity index is 0.00000240. The molecule has 2 aliphatic rings. The zero-order chi connectivity index (χ0) is 19.2. The van der Waals surface area contributed by atoms with E-state index >= 15 is 0 Å². The normalized spacial score (nSPS) is 17.6. The van der Waals surface area contributed by atoms with Gasteiger partial charge in [-0.05, 0) is 61.1 Å². The highest BCUT2D eigenvalue weighted by atomic mass is 35.5. The minimum Gasteiger partial charge on any atom is -0.489 e. The van der Waals surface area contributed by atoms with Gasteiger partial charge in [-0.2, -0.15) is 0 Å². The van der Waals surface area contributed by atoms with E-state index in [1.165, 1.54) is 6.42 Å². The maximum atomic E-state index is 12.5. The lowest BCUT2D eigenvalue weighted by molar-refractivity contribution is -0.135. The third-order valence-electron chi connectivity index (χ3n) is 5.94. The van der Waals surface area contributed by atoms with Crippen molar-refractivity contribution in [2.75, 3.05) is 32.8 Å². The number of piperidine rings is 1. The van der Waals surface area contributed by atoms with Crippen LogP contribution in [0.25, 0.3) is 0 Å². The highest BCUT2D eigenvalue weighted by Crippen LogP contribution is 2.36. The fourth-order valence-corrected chi connectivity index (χ4v) is 4.06. The molecule has 0 saturated carbocycles. The summed E-state index contributed by atoms with van der Waals surface area (Å²) in [4.78, 5) is 14.4. The molecular weight excluding hydrogens is 388 g/mol. The molecule has 0 unspecified atom stereocenters. The molecule has 29 heavy (non-hydrogen) atoms. The number of amides is 1. The van der Waals surface area contributed by atoms with Crippen LogP contribution in [0.2, 0.25) is 0 Å². The van der Waals surface area contributed by atoms with Crippen LogP contribution in [0.4, 0.5) is 0 Å². The molecule has 1 spiro atoms. The van der Waals surface area contributed by atoms with E-state index in [0.29, 0.717) is 17.8 Å². The predicted octanol–water partition coefficient (Wildman–Crippen LogP) is 3.67. The SMILES string of the molecule is Cl.O=C(COc1ccc(OCc2ccccc2)cc1)N1CCC2(CCNC2)CC1. The van der Waals surface area contributed by atoms with E-state index < -0.39 is 0 Å². The molecule has 2 saturated heterocycles. The summed E-state index contributed by atoms with van der Waals surface area (Å²) in [5.41, 5.74) is 1.55. The van der Waals surface area contributed by atoms with Crippen LogP contribution in [-0.4, -0.2) is 43.6 Å². The van der Waals surface area contributed by atoms with Crippen LogP contribution in [0.15, 0.2) is 54.6 Å². The smallest absolute Gasteiger partial charge is 0.260 e. The van der Waals surface area contributed by atoms with Gasteiger partial charge in [0.25, 0.3) is 5.91 Å². The quantitative estimate of drug-likeness (QED) is 0.780. The second-order valence-corrected chi connectivity index (χ2v) is 7.84. The average Bonchev–Trinajstić information content (AvgIpc) is 3.20. The summed E-state index contributed by atoms with van der Waals surface area (Å²) in [5, 5.41) is 3.46. The molecular formula is C23H29ClN2O3. The molecule has 2 fully saturated rings. The molecule has 6 heteroatoms. The summed E-state index contributed by atoms with van der Waals surface area (Å²) in [6.45, 7) is 4.53. The Morgan fingerprint density at radius 1 is 0.931 bits per heavy atom. The number of nitrogens with zero attached hydrogens (tertiary/aromatic N) is 1. The van der Waals surface area contributed by atoms with E-state index in [2.05, 4.69) is 5.32 Å². The molecule has 156 valence electrons. The van der Waals surface area contributed by atoms with Crippen LogP contribution >= 0.6 is 12.4 Å². The third-order valence-corrected chi connectivity index (χ3v) is 5.94. The number of nitrogens with one attached hydrogen (secondary N) is 1. The third kappa shape index (κ3) is 5.64. The van der Waals surface area contributed by atoms with E-state index in [-0.39, 0.29) is 24.9 Å². The molecule has 0 aromatic heterocycles.